The zero-order valence-corrected chi connectivity index (χ0v) is 10.1. The monoisotopic (exact) mass is 236 g/mol. The Balaban J connectivity index is 2.16. The fourth-order valence-corrected chi connectivity index (χ4v) is 2.41. The van der Waals surface area contributed by atoms with Crippen molar-refractivity contribution in [2.45, 2.75) is 38.3 Å². The van der Waals surface area contributed by atoms with E-state index in [1.54, 1.807) is 6.20 Å². The highest BCUT2D eigenvalue weighted by molar-refractivity contribution is 5.46. The van der Waals surface area contributed by atoms with Crippen molar-refractivity contribution in [2.24, 2.45) is 5.84 Å². The summed E-state index contributed by atoms with van der Waals surface area (Å²) in [7, 11) is 0. The summed E-state index contributed by atoms with van der Waals surface area (Å²) in [5, 5.41) is 0. The van der Waals surface area contributed by atoms with Crippen LogP contribution in [0.1, 0.15) is 36.4 Å². The lowest BCUT2D eigenvalue weighted by Crippen LogP contribution is -2.32. The second-order valence-corrected chi connectivity index (χ2v) is 4.52. The van der Waals surface area contributed by atoms with E-state index in [9.17, 15) is 0 Å². The summed E-state index contributed by atoms with van der Waals surface area (Å²) in [4.78, 5) is 4.12. The molecule has 0 aliphatic carbocycles. The minimum Gasteiger partial charge on any atom is -0.383 e. The molecule has 0 saturated carbocycles. The van der Waals surface area contributed by atoms with Crippen molar-refractivity contribution in [3.8, 4) is 0 Å². The van der Waals surface area contributed by atoms with E-state index >= 15 is 0 Å². The van der Waals surface area contributed by atoms with Crippen LogP contribution >= 0.6 is 0 Å². The third-order valence-corrected chi connectivity index (χ3v) is 3.31. The van der Waals surface area contributed by atoms with Gasteiger partial charge in [0.1, 0.15) is 5.82 Å². The lowest BCUT2D eigenvalue weighted by Gasteiger charge is -2.22. The van der Waals surface area contributed by atoms with Gasteiger partial charge in [0.15, 0.2) is 0 Å². The van der Waals surface area contributed by atoms with E-state index < -0.39 is 0 Å². The summed E-state index contributed by atoms with van der Waals surface area (Å²) in [5.74, 6) is 6.18. The Labute approximate surface area is 102 Å². The van der Waals surface area contributed by atoms with Crippen molar-refractivity contribution in [1.29, 1.82) is 0 Å². The molecule has 0 radical (unpaired) electrons. The van der Waals surface area contributed by atoms with Gasteiger partial charge >= 0.3 is 0 Å². The minimum atomic E-state index is 0.00630. The summed E-state index contributed by atoms with van der Waals surface area (Å²) in [5.41, 5.74) is 10.9. The lowest BCUT2D eigenvalue weighted by molar-refractivity contribution is 0.0946. The molecule has 0 aromatic carbocycles. The highest BCUT2D eigenvalue weighted by Gasteiger charge is 2.23. The quantitative estimate of drug-likeness (QED) is 0.537. The van der Waals surface area contributed by atoms with Crippen LogP contribution in [0, 0.1) is 6.92 Å². The summed E-state index contributed by atoms with van der Waals surface area (Å²) >= 11 is 0. The van der Waals surface area contributed by atoms with Crippen molar-refractivity contribution < 1.29 is 4.74 Å². The van der Waals surface area contributed by atoms with Crippen LogP contribution < -0.4 is 17.0 Å². The van der Waals surface area contributed by atoms with Gasteiger partial charge in [0.2, 0.25) is 0 Å². The molecule has 1 saturated heterocycles. The Morgan fingerprint density at radius 1 is 1.65 bits per heavy atom. The normalized spacial score (nSPS) is 21.6. The maximum atomic E-state index is 5.92. The zero-order valence-electron chi connectivity index (χ0n) is 10.1. The first-order valence-electron chi connectivity index (χ1n) is 6.01. The number of hydrazine groups is 1. The van der Waals surface area contributed by atoms with E-state index in [0.717, 1.165) is 37.0 Å². The number of ether oxygens (including phenoxy) is 1. The fourth-order valence-electron chi connectivity index (χ4n) is 2.41. The number of nitrogens with zero attached hydrogens (tertiary/aromatic N) is 1. The summed E-state index contributed by atoms with van der Waals surface area (Å²) < 4.78 is 5.63. The van der Waals surface area contributed by atoms with Gasteiger partial charge in [0.05, 0.1) is 12.1 Å². The van der Waals surface area contributed by atoms with Gasteiger partial charge in [-0.1, -0.05) is 0 Å². The smallest absolute Gasteiger partial charge is 0.128 e. The molecule has 1 fully saturated rings. The van der Waals surface area contributed by atoms with Crippen LogP contribution in [0.5, 0.6) is 0 Å². The van der Waals surface area contributed by atoms with Gasteiger partial charge < -0.3 is 10.5 Å². The van der Waals surface area contributed by atoms with Crippen molar-refractivity contribution in [1.82, 2.24) is 10.4 Å². The average Bonchev–Trinajstić information content (AvgIpc) is 2.80. The van der Waals surface area contributed by atoms with Gasteiger partial charge in [0.25, 0.3) is 0 Å². The van der Waals surface area contributed by atoms with Gasteiger partial charge in [-0.3, -0.25) is 11.3 Å². The van der Waals surface area contributed by atoms with Gasteiger partial charge in [-0.2, -0.15) is 0 Å². The number of nitrogen functional groups attached to an aromatic ring is 1. The van der Waals surface area contributed by atoms with Crippen LogP contribution in [0.15, 0.2) is 12.3 Å². The van der Waals surface area contributed by atoms with E-state index in [1.807, 2.05) is 13.0 Å². The second kappa shape index (κ2) is 5.44. The number of nitrogens with two attached hydrogens (primary N) is 2. The van der Waals surface area contributed by atoms with Crippen LogP contribution in [0.25, 0.3) is 0 Å². The zero-order chi connectivity index (χ0) is 12.3. The molecule has 1 aliphatic rings. The molecule has 0 bridgehead atoms. The number of hydrogen-bond acceptors (Lipinski definition) is 5. The summed E-state index contributed by atoms with van der Waals surface area (Å²) in [6, 6.07) is 1.96. The molecule has 5 heteroatoms. The SMILES string of the molecule is Cc1ccnc(N)c1C(CC1CCCO1)NN. The van der Waals surface area contributed by atoms with E-state index in [-0.39, 0.29) is 12.1 Å². The molecule has 2 heterocycles. The molecule has 0 amide bonds. The first-order chi connectivity index (χ1) is 8.22. The molecule has 5 N–H and O–H groups in total. The highest BCUT2D eigenvalue weighted by Crippen LogP contribution is 2.29. The minimum absolute atomic E-state index is 0.00630. The third-order valence-electron chi connectivity index (χ3n) is 3.31. The Morgan fingerprint density at radius 3 is 3.06 bits per heavy atom. The van der Waals surface area contributed by atoms with Crippen LogP contribution in [-0.4, -0.2) is 17.7 Å². The third kappa shape index (κ3) is 2.74. The molecule has 2 rings (SSSR count). The Bertz CT molecular complexity index is 357. The molecule has 5 nitrogen and oxygen atoms in total. The van der Waals surface area contributed by atoms with Gasteiger partial charge in [-0.15, -0.1) is 0 Å². The highest BCUT2D eigenvalue weighted by atomic mass is 16.5. The van der Waals surface area contributed by atoms with Crippen molar-refractivity contribution in [2.75, 3.05) is 12.3 Å². The molecule has 2 atom stereocenters. The molecule has 1 aliphatic heterocycles. The van der Waals surface area contributed by atoms with E-state index in [2.05, 4.69) is 10.4 Å². The van der Waals surface area contributed by atoms with Gasteiger partial charge in [-0.05, 0) is 37.8 Å². The fraction of sp³-hybridized carbons (Fsp3) is 0.583. The maximum Gasteiger partial charge on any atom is 0.128 e. The van der Waals surface area contributed by atoms with E-state index in [4.69, 9.17) is 16.3 Å². The van der Waals surface area contributed by atoms with Crippen LogP contribution in [-0.2, 0) is 4.74 Å². The topological polar surface area (TPSA) is 86.2 Å². The average molecular weight is 236 g/mol. The predicted molar refractivity (Wildman–Crippen MR) is 67.0 cm³/mol. The maximum absolute atomic E-state index is 5.92. The Kier molecular flexibility index (Phi) is 3.93. The number of aryl methyl sites for hydroxylation is 1. The first kappa shape index (κ1) is 12.3. The predicted octanol–water partition coefficient (Wildman–Crippen LogP) is 1.05. The number of pyridine rings is 1. The van der Waals surface area contributed by atoms with Crippen molar-refractivity contribution >= 4 is 5.82 Å². The molecule has 1 aromatic heterocycles. The number of rotatable bonds is 4. The Hall–Kier alpha value is -1.17. The molecule has 2 unspecified atom stereocenters. The molecule has 1 aromatic rings. The number of anilines is 1. The number of hydrogen-bond donors (Lipinski definition) is 3. The van der Waals surface area contributed by atoms with Gasteiger partial charge in [-0.25, -0.2) is 4.98 Å². The standard InChI is InChI=1S/C12H20N4O/c1-8-4-5-15-12(13)11(8)10(16-14)7-9-3-2-6-17-9/h4-5,9-10,16H,2-3,6-7,14H2,1H3,(H2,13,15). The lowest BCUT2D eigenvalue weighted by atomic mass is 9.97. The Morgan fingerprint density at radius 2 is 2.47 bits per heavy atom. The molecular formula is C12H20N4O. The molecule has 94 valence electrons. The van der Waals surface area contributed by atoms with Crippen molar-refractivity contribution in [3.63, 3.8) is 0 Å². The van der Waals surface area contributed by atoms with Crippen LogP contribution in [0.2, 0.25) is 0 Å². The van der Waals surface area contributed by atoms with E-state index in [0.29, 0.717) is 5.82 Å². The number of nitrogens with one attached hydrogen (secondary N) is 1. The van der Waals surface area contributed by atoms with Gasteiger partial charge in [0, 0.05) is 18.4 Å². The van der Waals surface area contributed by atoms with Crippen molar-refractivity contribution in [3.05, 3.63) is 23.4 Å². The molecule has 0 spiro atoms. The van der Waals surface area contributed by atoms with E-state index in [1.165, 1.54) is 0 Å². The van der Waals surface area contributed by atoms with Crippen LogP contribution in [0.3, 0.4) is 0 Å². The molecular weight excluding hydrogens is 216 g/mol. The largest absolute Gasteiger partial charge is 0.383 e. The second-order valence-electron chi connectivity index (χ2n) is 4.52. The first-order valence-corrected chi connectivity index (χ1v) is 6.01. The molecule has 17 heavy (non-hydrogen) atoms. The summed E-state index contributed by atoms with van der Waals surface area (Å²) in [6.45, 7) is 2.87. The summed E-state index contributed by atoms with van der Waals surface area (Å²) in [6.07, 6.45) is 5.05. The van der Waals surface area contributed by atoms with Crippen LogP contribution in [0.4, 0.5) is 5.82 Å². The number of aromatic nitrogens is 1.